The minimum Gasteiger partial charge on any atom is -1.00 e. The summed E-state index contributed by atoms with van der Waals surface area (Å²) >= 11 is 3.03. The summed E-state index contributed by atoms with van der Waals surface area (Å²) in [6, 6.07) is 0. The Balaban J connectivity index is -0.0000000183. The van der Waals surface area contributed by atoms with E-state index in [0.29, 0.717) is 0 Å². The van der Waals surface area contributed by atoms with E-state index in [4.69, 9.17) is 8.76 Å². The smallest absolute Gasteiger partial charge is 1.00 e. The Morgan fingerprint density at radius 2 is 1.71 bits per heavy atom. The quantitative estimate of drug-likeness (QED) is 0.245. The van der Waals surface area contributed by atoms with Crippen LogP contribution in [0.25, 0.3) is 0 Å². The minimum atomic E-state index is -1.61. The third-order valence-corrected chi connectivity index (χ3v) is 0. The van der Waals surface area contributed by atoms with Gasteiger partial charge < -0.3 is 5.98 Å². The third kappa shape index (κ3) is 110. The predicted octanol–water partition coefficient (Wildman–Crippen LogP) is -2.19. The Morgan fingerprint density at radius 1 is 1.71 bits per heavy atom. The average molecular weight is 155 g/mol. The van der Waals surface area contributed by atoms with Gasteiger partial charge in [0.2, 0.25) is 0 Å². The fraction of sp³-hybridized carbons (Fsp3) is 1.00. The fourth-order valence-electron chi connectivity index (χ4n) is 0. The number of rotatable bonds is 0. The van der Waals surface area contributed by atoms with E-state index < -0.39 is 11.1 Å². The molecule has 0 saturated carbocycles. The summed E-state index contributed by atoms with van der Waals surface area (Å²) in [5.74, 6) is 0. The maximum absolute atomic E-state index is 9.11. The van der Waals surface area contributed by atoms with Crippen molar-refractivity contribution < 1.29 is 39.7 Å². The van der Waals surface area contributed by atoms with Gasteiger partial charge in [0.25, 0.3) is 0 Å². The Labute approximate surface area is 74.7 Å². The number of halogens is 1. The van der Waals surface area contributed by atoms with Crippen LogP contribution < -0.4 is 29.6 Å². The van der Waals surface area contributed by atoms with Crippen LogP contribution in [0.15, 0.2) is 0 Å². The van der Waals surface area contributed by atoms with Gasteiger partial charge in [0.15, 0.2) is 0 Å². The summed E-state index contributed by atoms with van der Waals surface area (Å²) < 4.78 is 16.6. The van der Waals surface area contributed by atoms with E-state index in [-0.39, 0.29) is 31.0 Å². The predicted molar refractivity (Wildman–Crippen MR) is 29.6 cm³/mol. The summed E-state index contributed by atoms with van der Waals surface area (Å²) in [4.78, 5) is 0. The molecule has 0 radical (unpaired) electrons. The normalized spacial score (nSPS) is 9.71. The van der Waals surface area contributed by atoms with Gasteiger partial charge in [-0.1, -0.05) is 0 Å². The molecule has 0 fully saturated rings. The van der Waals surface area contributed by atoms with Gasteiger partial charge in [-0.25, -0.2) is 4.21 Å². The van der Waals surface area contributed by atoms with Gasteiger partial charge in [-0.2, -0.15) is 0 Å². The van der Waals surface area contributed by atoms with E-state index in [1.54, 1.807) is 0 Å². The first-order chi connectivity index (χ1) is 2.73. The van der Waals surface area contributed by atoms with Gasteiger partial charge in [0, 0.05) is 12.6 Å². The number of alkyl halides is 1. The van der Waals surface area contributed by atoms with Crippen LogP contribution >= 0.6 is 11.6 Å². The molecule has 0 saturated heterocycles. The molecule has 0 amide bonds. The van der Waals surface area contributed by atoms with Crippen LogP contribution in [-0.4, -0.2) is 21.4 Å². The van der Waals surface area contributed by atoms with E-state index in [1.807, 2.05) is 0 Å². The summed E-state index contributed by atoms with van der Waals surface area (Å²) in [5, 5.41) is 0. The monoisotopic (exact) mass is 154 g/mol. The van der Waals surface area contributed by atoms with E-state index in [9.17, 15) is 0 Å². The minimum absolute atomic E-state index is 0. The maximum atomic E-state index is 9.11. The van der Waals surface area contributed by atoms with Crippen molar-refractivity contribution in [3.63, 3.8) is 0 Å². The summed E-state index contributed by atoms with van der Waals surface area (Å²) in [6.45, 7) is 0. The van der Waals surface area contributed by atoms with Crippen molar-refractivity contribution in [2.45, 2.75) is 0 Å². The van der Waals surface area contributed by atoms with Crippen LogP contribution in [-0.2, 0) is 11.1 Å². The zero-order valence-corrected chi connectivity index (χ0v) is 8.21. The van der Waals surface area contributed by atoms with E-state index in [2.05, 4.69) is 11.6 Å². The fourth-order valence-corrected chi connectivity index (χ4v) is 0. The second-order valence-corrected chi connectivity index (χ2v) is 1.27. The molecule has 0 aromatic carbocycles. The Kier molecular flexibility index (Phi) is 35.3. The molecule has 0 heterocycles. The maximum Gasteiger partial charge on any atom is 1.00 e. The van der Waals surface area contributed by atoms with Crippen LogP contribution in [0.3, 0.4) is 0 Å². The zero-order chi connectivity index (χ0) is 5.58. The van der Waals surface area contributed by atoms with Gasteiger partial charge >= 0.3 is 29.6 Å². The van der Waals surface area contributed by atoms with Crippen LogP contribution in [0, 0.1) is 0 Å². The van der Waals surface area contributed by atoms with Crippen LogP contribution in [0.2, 0.25) is 0 Å². The molecule has 7 heavy (non-hydrogen) atoms. The van der Waals surface area contributed by atoms with Crippen LogP contribution in [0.1, 0.15) is 1.43 Å². The van der Waals surface area contributed by atoms with Crippen LogP contribution in [0.5, 0.6) is 0 Å². The van der Waals surface area contributed by atoms with Crippen molar-refractivity contribution in [2.75, 3.05) is 12.6 Å². The first kappa shape index (κ1) is 15.8. The molecule has 42 valence electrons. The van der Waals surface area contributed by atoms with E-state index in [1.165, 1.54) is 12.6 Å². The summed E-state index contributed by atoms with van der Waals surface area (Å²) in [7, 11) is 0. The van der Waals surface area contributed by atoms with Crippen LogP contribution in [0.4, 0.5) is 0 Å². The first-order valence-electron chi connectivity index (χ1n) is 1.14. The molecule has 2 nitrogen and oxygen atoms in total. The molecule has 0 spiro atoms. The molecule has 0 aromatic heterocycles. The Hall–Kier alpha value is 1.40. The summed E-state index contributed by atoms with van der Waals surface area (Å²) in [5.41, 5.74) is 0. The van der Waals surface area contributed by atoms with Gasteiger partial charge in [-0.3, -0.25) is 0 Å². The largest absolute Gasteiger partial charge is 1.00 e. The third-order valence-electron chi connectivity index (χ3n) is 0. The second kappa shape index (κ2) is 15.7. The van der Waals surface area contributed by atoms with Gasteiger partial charge in [-0.15, -0.1) is 11.6 Å². The van der Waals surface area contributed by atoms with Gasteiger partial charge in [0.05, 0.1) is 0 Å². The SMILES string of the molecule is CCl.CS(=O)O.[H-].[Na+]. The average Bonchev–Trinajstić information content (AvgIpc) is 1.41. The molecule has 1 N–H and O–H groups in total. The molecule has 1 unspecified atom stereocenters. The van der Waals surface area contributed by atoms with Gasteiger partial charge in [0.1, 0.15) is 11.1 Å². The van der Waals surface area contributed by atoms with Crippen molar-refractivity contribution in [1.29, 1.82) is 0 Å². The second-order valence-electron chi connectivity index (χ2n) is 0.424. The van der Waals surface area contributed by atoms with Crippen molar-refractivity contribution in [1.82, 2.24) is 0 Å². The number of hydrogen-bond acceptors (Lipinski definition) is 1. The zero-order valence-electron chi connectivity index (χ0n) is 5.64. The Morgan fingerprint density at radius 3 is 1.71 bits per heavy atom. The molecule has 0 aliphatic rings. The number of hydrogen-bond donors (Lipinski definition) is 1. The van der Waals surface area contributed by atoms with Crippen molar-refractivity contribution in [3.8, 4) is 0 Å². The Bertz CT molecular complexity index is 43.0. The standard InChI is InChI=1S/CH3Cl.CH4O2S.Na.H/c1-2;1-4(2)3;;/h1H3;1H3,(H,2,3);;/q;;+1;-1. The topological polar surface area (TPSA) is 37.3 Å². The van der Waals surface area contributed by atoms with Crippen molar-refractivity contribution >= 4 is 22.7 Å². The molecular weight excluding hydrogens is 147 g/mol. The van der Waals surface area contributed by atoms with E-state index in [0.717, 1.165) is 0 Å². The van der Waals surface area contributed by atoms with Crippen molar-refractivity contribution in [3.05, 3.63) is 0 Å². The first-order valence-corrected chi connectivity index (χ1v) is 3.41. The molecule has 0 aliphatic heterocycles. The molecule has 0 aliphatic carbocycles. The molecule has 0 rings (SSSR count). The molecule has 0 bridgehead atoms. The van der Waals surface area contributed by atoms with Gasteiger partial charge in [-0.05, 0) is 0 Å². The molecule has 1 atom stereocenters. The molecule has 5 heteroatoms. The molecule has 0 aromatic rings. The van der Waals surface area contributed by atoms with Crippen molar-refractivity contribution in [2.24, 2.45) is 0 Å². The molecular formula is C2H8ClNaO2S. The van der Waals surface area contributed by atoms with E-state index >= 15 is 0 Å². The summed E-state index contributed by atoms with van der Waals surface area (Å²) in [6.07, 6.45) is 2.67.